The zero-order valence-electron chi connectivity index (χ0n) is 11.5. The molecule has 0 saturated heterocycles. The first-order valence-corrected chi connectivity index (χ1v) is 8.05. The number of nitrogens with one attached hydrogen (secondary N) is 1. The zero-order chi connectivity index (χ0) is 15.7. The lowest BCUT2D eigenvalue weighted by molar-refractivity contribution is 0.100. The Kier molecular flexibility index (Phi) is 4.55. The van der Waals surface area contributed by atoms with Crippen LogP contribution >= 0.6 is 11.6 Å². The summed E-state index contributed by atoms with van der Waals surface area (Å²) in [6.45, 7) is 3.23. The highest BCUT2D eigenvalue weighted by Gasteiger charge is 2.30. The van der Waals surface area contributed by atoms with E-state index >= 15 is 0 Å². The zero-order valence-corrected chi connectivity index (χ0v) is 13.1. The molecule has 0 fully saturated rings. The smallest absolute Gasteiger partial charge is 0.250 e. The molecule has 0 aliphatic carbocycles. The number of hydrogen-bond acceptors (Lipinski definition) is 5. The van der Waals surface area contributed by atoms with Gasteiger partial charge in [0.2, 0.25) is 0 Å². The van der Waals surface area contributed by atoms with E-state index in [1.54, 1.807) is 13.8 Å². The summed E-state index contributed by atoms with van der Waals surface area (Å²) in [5.74, 6) is -0.695. The molecule has 0 bridgehead atoms. The fourth-order valence-corrected chi connectivity index (χ4v) is 2.06. The monoisotopic (exact) mass is 319 g/mol. The van der Waals surface area contributed by atoms with E-state index in [1.807, 2.05) is 0 Å². The van der Waals surface area contributed by atoms with E-state index in [9.17, 15) is 13.2 Å². The number of halogens is 1. The SMILES string of the molecule is CC(C)(CNc1c(Cl)cc(N)cc1C(N)=O)S(C)(=O)=O. The topological polar surface area (TPSA) is 115 Å². The van der Waals surface area contributed by atoms with E-state index in [2.05, 4.69) is 5.32 Å². The number of benzene rings is 1. The maximum Gasteiger partial charge on any atom is 0.250 e. The minimum absolute atomic E-state index is 0.0791. The normalized spacial score (nSPS) is 12.2. The molecule has 1 aromatic rings. The van der Waals surface area contributed by atoms with Gasteiger partial charge in [-0.1, -0.05) is 11.6 Å². The van der Waals surface area contributed by atoms with Gasteiger partial charge in [-0.3, -0.25) is 4.79 Å². The van der Waals surface area contributed by atoms with E-state index < -0.39 is 20.5 Å². The van der Waals surface area contributed by atoms with Gasteiger partial charge in [-0.15, -0.1) is 0 Å². The lowest BCUT2D eigenvalue weighted by Gasteiger charge is -2.24. The number of carbonyl (C=O) groups is 1. The van der Waals surface area contributed by atoms with Gasteiger partial charge in [-0.2, -0.15) is 0 Å². The third-order valence-corrected chi connectivity index (χ3v) is 5.52. The van der Waals surface area contributed by atoms with Gasteiger partial charge in [0.25, 0.3) is 5.91 Å². The number of nitrogen functional groups attached to an aromatic ring is 1. The van der Waals surface area contributed by atoms with E-state index in [1.165, 1.54) is 12.1 Å². The molecule has 20 heavy (non-hydrogen) atoms. The minimum atomic E-state index is -3.27. The van der Waals surface area contributed by atoms with Gasteiger partial charge in [-0.05, 0) is 26.0 Å². The standard InChI is InChI=1S/C12H18ClN3O3S/c1-12(2,20(3,18)19)6-16-10-8(11(15)17)4-7(14)5-9(10)13/h4-5,16H,6,14H2,1-3H3,(H2,15,17). The molecule has 0 unspecified atom stereocenters. The molecule has 1 rings (SSSR count). The van der Waals surface area contributed by atoms with Gasteiger partial charge in [-0.25, -0.2) is 8.42 Å². The number of anilines is 2. The molecule has 1 amide bonds. The molecular weight excluding hydrogens is 302 g/mol. The number of hydrogen-bond donors (Lipinski definition) is 3. The molecule has 0 spiro atoms. The van der Waals surface area contributed by atoms with Crippen molar-refractivity contribution in [1.82, 2.24) is 0 Å². The molecule has 0 radical (unpaired) electrons. The van der Waals surface area contributed by atoms with Crippen molar-refractivity contribution in [1.29, 1.82) is 0 Å². The lowest BCUT2D eigenvalue weighted by atomic mass is 10.1. The van der Waals surface area contributed by atoms with Crippen LogP contribution in [-0.2, 0) is 9.84 Å². The summed E-state index contributed by atoms with van der Waals surface area (Å²) in [6.07, 6.45) is 1.15. The molecule has 5 N–H and O–H groups in total. The van der Waals surface area contributed by atoms with Crippen LogP contribution in [0.2, 0.25) is 5.02 Å². The maximum atomic E-state index is 11.6. The first-order chi connectivity index (χ1) is 8.95. The Morgan fingerprint density at radius 1 is 1.40 bits per heavy atom. The molecule has 0 aromatic heterocycles. The third-order valence-electron chi connectivity index (χ3n) is 3.07. The number of carbonyl (C=O) groups excluding carboxylic acids is 1. The van der Waals surface area contributed by atoms with Crippen LogP contribution in [0.3, 0.4) is 0 Å². The summed E-state index contributed by atoms with van der Waals surface area (Å²) < 4.78 is 22.3. The summed E-state index contributed by atoms with van der Waals surface area (Å²) in [6, 6.07) is 2.85. The first-order valence-electron chi connectivity index (χ1n) is 5.78. The van der Waals surface area contributed by atoms with Gasteiger partial charge in [0, 0.05) is 18.5 Å². The van der Waals surface area contributed by atoms with Crippen molar-refractivity contribution in [2.75, 3.05) is 23.9 Å². The third kappa shape index (κ3) is 3.55. The lowest BCUT2D eigenvalue weighted by Crippen LogP contribution is -2.38. The van der Waals surface area contributed by atoms with E-state index in [4.69, 9.17) is 23.1 Å². The second kappa shape index (κ2) is 5.49. The summed E-state index contributed by atoms with van der Waals surface area (Å²) in [5, 5.41) is 3.08. The number of amides is 1. The summed E-state index contributed by atoms with van der Waals surface area (Å²) in [5.41, 5.74) is 11.6. The Balaban J connectivity index is 3.14. The highest BCUT2D eigenvalue weighted by Crippen LogP contribution is 2.30. The van der Waals surface area contributed by atoms with Gasteiger partial charge >= 0.3 is 0 Å². The second-order valence-electron chi connectivity index (χ2n) is 5.17. The van der Waals surface area contributed by atoms with Crippen molar-refractivity contribution >= 4 is 38.7 Å². The fraction of sp³-hybridized carbons (Fsp3) is 0.417. The minimum Gasteiger partial charge on any atom is -0.399 e. The van der Waals surface area contributed by atoms with Crippen LogP contribution in [0, 0.1) is 0 Å². The van der Waals surface area contributed by atoms with Gasteiger partial charge in [0.15, 0.2) is 9.84 Å². The van der Waals surface area contributed by atoms with Crippen molar-refractivity contribution < 1.29 is 13.2 Å². The fourth-order valence-electron chi connectivity index (χ4n) is 1.43. The number of sulfone groups is 1. The molecule has 0 heterocycles. The highest BCUT2D eigenvalue weighted by molar-refractivity contribution is 7.92. The Morgan fingerprint density at radius 2 is 1.95 bits per heavy atom. The number of rotatable bonds is 5. The van der Waals surface area contributed by atoms with E-state index in [-0.39, 0.29) is 22.8 Å². The molecular formula is C12H18ClN3O3S. The highest BCUT2D eigenvalue weighted by atomic mass is 35.5. The van der Waals surface area contributed by atoms with Crippen LogP contribution < -0.4 is 16.8 Å². The van der Waals surface area contributed by atoms with Crippen molar-refractivity contribution in [2.24, 2.45) is 5.73 Å². The van der Waals surface area contributed by atoms with E-state index in [0.29, 0.717) is 5.69 Å². The summed E-state index contributed by atoms with van der Waals surface area (Å²) in [4.78, 5) is 11.4. The first kappa shape index (κ1) is 16.6. The molecule has 0 atom stereocenters. The number of nitrogens with two attached hydrogens (primary N) is 2. The predicted octanol–water partition coefficient (Wildman–Crippen LogP) is 1.26. The van der Waals surface area contributed by atoms with Crippen LogP contribution in [0.5, 0.6) is 0 Å². The van der Waals surface area contributed by atoms with Crippen LogP contribution in [0.4, 0.5) is 11.4 Å². The van der Waals surface area contributed by atoms with Crippen molar-refractivity contribution in [3.8, 4) is 0 Å². The van der Waals surface area contributed by atoms with Gasteiger partial charge in [0.05, 0.1) is 21.0 Å². The van der Waals surface area contributed by atoms with Crippen LogP contribution in [0.25, 0.3) is 0 Å². The largest absolute Gasteiger partial charge is 0.399 e. The molecule has 6 nitrogen and oxygen atoms in total. The van der Waals surface area contributed by atoms with Crippen LogP contribution in [0.15, 0.2) is 12.1 Å². The quantitative estimate of drug-likeness (QED) is 0.706. The summed E-state index contributed by atoms with van der Waals surface area (Å²) in [7, 11) is -3.27. The summed E-state index contributed by atoms with van der Waals surface area (Å²) >= 11 is 6.02. The molecule has 0 saturated carbocycles. The second-order valence-corrected chi connectivity index (χ2v) is 8.23. The van der Waals surface area contributed by atoms with E-state index in [0.717, 1.165) is 6.26 Å². The Morgan fingerprint density at radius 3 is 2.40 bits per heavy atom. The molecule has 112 valence electrons. The van der Waals surface area contributed by atoms with Gasteiger partial charge in [0.1, 0.15) is 0 Å². The van der Waals surface area contributed by atoms with Crippen LogP contribution in [-0.4, -0.2) is 31.9 Å². The molecule has 1 aromatic carbocycles. The maximum absolute atomic E-state index is 11.6. The number of primary amides is 1. The Bertz CT molecular complexity index is 642. The predicted molar refractivity (Wildman–Crippen MR) is 81.8 cm³/mol. The molecule has 8 heteroatoms. The van der Waals surface area contributed by atoms with Gasteiger partial charge < -0.3 is 16.8 Å². The average molecular weight is 320 g/mol. The van der Waals surface area contributed by atoms with Crippen molar-refractivity contribution in [3.05, 3.63) is 22.7 Å². The average Bonchev–Trinajstić information content (AvgIpc) is 2.24. The van der Waals surface area contributed by atoms with Crippen LogP contribution in [0.1, 0.15) is 24.2 Å². The van der Waals surface area contributed by atoms with Crippen molar-refractivity contribution in [2.45, 2.75) is 18.6 Å². The Hall–Kier alpha value is -1.47. The molecule has 0 aliphatic rings. The van der Waals surface area contributed by atoms with Crippen molar-refractivity contribution in [3.63, 3.8) is 0 Å². The Labute approximate surface area is 123 Å². The molecule has 0 aliphatic heterocycles.